The Morgan fingerprint density at radius 1 is 0.854 bits per heavy atom. The first kappa shape index (κ1) is 24.7. The lowest BCUT2D eigenvalue weighted by molar-refractivity contribution is -0.123. The molecule has 0 radical (unpaired) electrons. The van der Waals surface area contributed by atoms with Crippen LogP contribution in [0, 0.1) is 23.2 Å². The lowest BCUT2D eigenvalue weighted by atomic mass is 9.47. The molecule has 198 valence electrons. The Morgan fingerprint density at radius 2 is 1.46 bits per heavy atom. The average Bonchev–Trinajstić information content (AvgIpc) is 3.28. The van der Waals surface area contributed by atoms with E-state index in [2.05, 4.69) is 16.6 Å². The van der Waals surface area contributed by atoms with Crippen molar-refractivity contribution in [1.82, 2.24) is 5.43 Å². The number of rotatable bonds is 5. The zero-order valence-electron chi connectivity index (χ0n) is 21.9. The lowest BCUT2D eigenvalue weighted by Gasteiger charge is -2.52. The maximum atomic E-state index is 14.4. The zero-order chi connectivity index (χ0) is 28.1. The number of para-hydroxylation sites is 1. The second-order valence-electron chi connectivity index (χ2n) is 10.6. The summed E-state index contributed by atoms with van der Waals surface area (Å²) in [6, 6.07) is 33.9. The van der Waals surface area contributed by atoms with Crippen molar-refractivity contribution in [3.05, 3.63) is 137 Å². The Labute approximate surface area is 236 Å². The van der Waals surface area contributed by atoms with Crippen LogP contribution in [0.5, 0.6) is 0 Å². The topological polar surface area (TPSA) is 103 Å². The van der Waals surface area contributed by atoms with Crippen molar-refractivity contribution >= 4 is 29.6 Å². The van der Waals surface area contributed by atoms with Crippen LogP contribution in [0.3, 0.4) is 0 Å². The van der Waals surface area contributed by atoms with E-state index in [4.69, 9.17) is 0 Å². The third-order valence-corrected chi connectivity index (χ3v) is 8.61. The van der Waals surface area contributed by atoms with Crippen LogP contribution < -0.4 is 10.3 Å². The maximum absolute atomic E-state index is 14.4. The largest absolute Gasteiger partial charge is 0.274 e. The number of anilines is 1. The SMILES string of the molecule is N#Cc1ccccc1N1C(=O)[C@@H]2[C@@H](C1=O)C1c3ccccc3C2(/C=N\NC(=O)Cc2ccccc2)c2ccccc21. The summed E-state index contributed by atoms with van der Waals surface area (Å²) >= 11 is 0. The first-order valence-electron chi connectivity index (χ1n) is 13.5. The average molecular weight is 537 g/mol. The smallest absolute Gasteiger partial charge is 0.244 e. The Hall–Kier alpha value is -5.35. The summed E-state index contributed by atoms with van der Waals surface area (Å²) in [6.07, 6.45) is 1.80. The van der Waals surface area contributed by atoms with Crippen molar-refractivity contribution in [1.29, 1.82) is 5.26 Å². The molecule has 0 aromatic heterocycles. The van der Waals surface area contributed by atoms with Crippen LogP contribution in [0.15, 0.2) is 108 Å². The number of hydrogen-bond acceptors (Lipinski definition) is 5. The van der Waals surface area contributed by atoms with E-state index in [0.717, 1.165) is 27.8 Å². The second-order valence-corrected chi connectivity index (χ2v) is 10.6. The summed E-state index contributed by atoms with van der Waals surface area (Å²) in [4.78, 5) is 42.7. The minimum Gasteiger partial charge on any atom is -0.274 e. The highest BCUT2D eigenvalue weighted by Gasteiger charge is 2.68. The van der Waals surface area contributed by atoms with Crippen LogP contribution in [-0.4, -0.2) is 23.9 Å². The fourth-order valence-corrected chi connectivity index (χ4v) is 7.08. The van der Waals surface area contributed by atoms with Gasteiger partial charge < -0.3 is 0 Å². The zero-order valence-corrected chi connectivity index (χ0v) is 21.9. The molecular formula is C34H24N4O3. The molecule has 0 spiro atoms. The molecule has 0 saturated carbocycles. The van der Waals surface area contributed by atoms with Gasteiger partial charge in [0.05, 0.1) is 34.9 Å². The molecule has 7 heteroatoms. The van der Waals surface area contributed by atoms with Crippen molar-refractivity contribution in [3.8, 4) is 6.07 Å². The molecule has 41 heavy (non-hydrogen) atoms. The van der Waals surface area contributed by atoms with E-state index in [-0.39, 0.29) is 41.3 Å². The molecule has 2 bridgehead atoms. The van der Waals surface area contributed by atoms with Gasteiger partial charge in [0.15, 0.2) is 0 Å². The van der Waals surface area contributed by atoms with Crippen LogP contribution >= 0.6 is 0 Å². The van der Waals surface area contributed by atoms with Gasteiger partial charge in [-0.2, -0.15) is 10.4 Å². The molecule has 1 aliphatic heterocycles. The van der Waals surface area contributed by atoms with E-state index in [9.17, 15) is 19.6 Å². The van der Waals surface area contributed by atoms with E-state index in [0.29, 0.717) is 0 Å². The predicted octanol–water partition coefficient (Wildman–Crippen LogP) is 4.45. The number of amides is 3. The Bertz CT molecular complexity index is 1760. The molecular weight excluding hydrogens is 512 g/mol. The van der Waals surface area contributed by atoms with Crippen molar-refractivity contribution < 1.29 is 14.4 Å². The summed E-state index contributed by atoms with van der Waals surface area (Å²) in [5, 5.41) is 14.2. The number of hydrazone groups is 1. The molecule has 1 fully saturated rings. The van der Waals surface area contributed by atoms with Crippen LogP contribution in [0.1, 0.15) is 39.3 Å². The van der Waals surface area contributed by atoms with Crippen molar-refractivity contribution in [2.24, 2.45) is 16.9 Å². The fraction of sp³-hybridized carbons (Fsp3) is 0.147. The van der Waals surface area contributed by atoms with Gasteiger partial charge in [0, 0.05) is 12.1 Å². The summed E-state index contributed by atoms with van der Waals surface area (Å²) in [5.41, 5.74) is 6.67. The van der Waals surface area contributed by atoms with Gasteiger partial charge >= 0.3 is 0 Å². The van der Waals surface area contributed by atoms with Crippen LogP contribution in [-0.2, 0) is 26.2 Å². The van der Waals surface area contributed by atoms with Crippen LogP contribution in [0.4, 0.5) is 5.69 Å². The first-order chi connectivity index (χ1) is 20.1. The number of nitriles is 1. The molecule has 3 amide bonds. The molecule has 1 N–H and O–H groups in total. The van der Waals surface area contributed by atoms with Gasteiger partial charge in [-0.25, -0.2) is 10.3 Å². The molecule has 0 unspecified atom stereocenters. The molecule has 7 nitrogen and oxygen atoms in total. The van der Waals surface area contributed by atoms with Crippen molar-refractivity contribution in [3.63, 3.8) is 0 Å². The molecule has 4 aromatic rings. The third kappa shape index (κ3) is 3.51. The predicted molar refractivity (Wildman–Crippen MR) is 153 cm³/mol. The number of benzene rings is 4. The van der Waals surface area contributed by atoms with Crippen molar-refractivity contribution in [2.75, 3.05) is 4.90 Å². The van der Waals surface area contributed by atoms with Crippen LogP contribution in [0.25, 0.3) is 0 Å². The molecule has 2 atom stereocenters. The number of imide groups is 1. The molecule has 1 saturated heterocycles. The third-order valence-electron chi connectivity index (χ3n) is 8.61. The number of carbonyl (C=O) groups is 3. The van der Waals surface area contributed by atoms with Gasteiger partial charge in [0.25, 0.3) is 0 Å². The van der Waals surface area contributed by atoms with E-state index in [1.807, 2.05) is 78.9 Å². The molecule has 4 aliphatic rings. The normalized spacial score (nSPS) is 23.6. The summed E-state index contributed by atoms with van der Waals surface area (Å²) < 4.78 is 0. The van der Waals surface area contributed by atoms with Crippen molar-refractivity contribution in [2.45, 2.75) is 17.8 Å². The number of nitrogens with one attached hydrogen (secondary N) is 1. The Morgan fingerprint density at radius 3 is 2.15 bits per heavy atom. The molecule has 8 rings (SSSR count). The quantitative estimate of drug-likeness (QED) is 0.231. The molecule has 3 aliphatic carbocycles. The highest BCUT2D eigenvalue weighted by Crippen LogP contribution is 2.63. The number of nitrogens with zero attached hydrogens (tertiary/aromatic N) is 3. The minimum atomic E-state index is -1.10. The minimum absolute atomic E-state index is 0.155. The number of carbonyl (C=O) groups excluding carboxylic acids is 3. The van der Waals surface area contributed by atoms with E-state index >= 15 is 0 Å². The monoisotopic (exact) mass is 536 g/mol. The van der Waals surface area contributed by atoms with E-state index < -0.39 is 17.3 Å². The summed E-state index contributed by atoms with van der Waals surface area (Å²) in [5.74, 6) is -2.81. The lowest BCUT2D eigenvalue weighted by Crippen LogP contribution is -2.54. The standard InChI is InChI=1S/C34H24N4O3/c35-19-22-12-4-9-17-27(22)38-32(40)30-29-23-13-5-7-15-25(23)34(31(30)33(38)41,26-16-8-6-14-24(26)29)20-36-37-28(39)18-21-10-2-1-3-11-21/h1-17,20,29-31H,18H2,(H,37,39)/b36-20-/t29?,30-,31-,34?/m0/s1. The molecule has 1 heterocycles. The summed E-state index contributed by atoms with van der Waals surface area (Å²) in [6.45, 7) is 0. The van der Waals surface area contributed by atoms with Gasteiger partial charge in [0.2, 0.25) is 17.7 Å². The summed E-state index contributed by atoms with van der Waals surface area (Å²) in [7, 11) is 0. The highest BCUT2D eigenvalue weighted by molar-refractivity contribution is 6.25. The number of hydrogen-bond donors (Lipinski definition) is 1. The molecule has 4 aromatic carbocycles. The van der Waals surface area contributed by atoms with Gasteiger partial charge in [-0.3, -0.25) is 14.4 Å². The highest BCUT2D eigenvalue weighted by atomic mass is 16.2. The van der Waals surface area contributed by atoms with Gasteiger partial charge in [-0.05, 0) is 39.9 Å². The maximum Gasteiger partial charge on any atom is 0.244 e. The Balaban J connectivity index is 1.38. The second kappa shape index (κ2) is 9.39. The van der Waals surface area contributed by atoms with Gasteiger partial charge in [-0.15, -0.1) is 0 Å². The first-order valence-corrected chi connectivity index (χ1v) is 13.5. The van der Waals surface area contributed by atoms with Crippen LogP contribution in [0.2, 0.25) is 0 Å². The van der Waals surface area contributed by atoms with E-state index in [1.54, 1.807) is 30.5 Å². The van der Waals surface area contributed by atoms with Gasteiger partial charge in [0.1, 0.15) is 6.07 Å². The Kier molecular flexibility index (Phi) is 5.65. The van der Waals surface area contributed by atoms with Gasteiger partial charge in [-0.1, -0.05) is 91.0 Å². The van der Waals surface area contributed by atoms with E-state index in [1.165, 1.54) is 4.90 Å². The fourth-order valence-electron chi connectivity index (χ4n) is 7.08.